The third-order valence-electron chi connectivity index (χ3n) is 2.86. The molecule has 16 heavy (non-hydrogen) atoms. The average molecular weight is 234 g/mol. The van der Waals surface area contributed by atoms with Crippen LogP contribution >= 0.6 is 0 Å². The standard InChI is InChI=1S/C11H10N2O2S/c12-16(14,15)13-7-9-5-1-3-8-4-2-6-10(13)11(8)9/h1-6H,7H2,(H2,12,14,15). The van der Waals surface area contributed by atoms with E-state index in [0.29, 0.717) is 12.2 Å². The summed E-state index contributed by atoms with van der Waals surface area (Å²) in [5.74, 6) is 0. The highest BCUT2D eigenvalue weighted by Crippen LogP contribution is 2.37. The van der Waals surface area contributed by atoms with E-state index in [2.05, 4.69) is 0 Å². The molecule has 0 aliphatic carbocycles. The Balaban J connectivity index is 2.38. The molecule has 2 N–H and O–H groups in total. The first-order valence-corrected chi connectivity index (χ1v) is 6.39. The maximum Gasteiger partial charge on any atom is 0.299 e. The zero-order valence-corrected chi connectivity index (χ0v) is 9.24. The summed E-state index contributed by atoms with van der Waals surface area (Å²) >= 11 is 0. The van der Waals surface area contributed by atoms with Gasteiger partial charge in [0.2, 0.25) is 0 Å². The molecule has 4 nitrogen and oxygen atoms in total. The zero-order valence-electron chi connectivity index (χ0n) is 8.42. The monoisotopic (exact) mass is 234 g/mol. The van der Waals surface area contributed by atoms with E-state index in [0.717, 1.165) is 16.3 Å². The molecule has 1 aliphatic rings. The van der Waals surface area contributed by atoms with Crippen molar-refractivity contribution in [1.82, 2.24) is 0 Å². The molecule has 0 spiro atoms. The summed E-state index contributed by atoms with van der Waals surface area (Å²) in [5, 5.41) is 7.22. The third kappa shape index (κ3) is 1.22. The van der Waals surface area contributed by atoms with E-state index in [-0.39, 0.29) is 0 Å². The summed E-state index contributed by atoms with van der Waals surface area (Å²) in [6.45, 7) is 0.329. The van der Waals surface area contributed by atoms with Gasteiger partial charge in [-0.15, -0.1) is 0 Å². The second kappa shape index (κ2) is 2.96. The van der Waals surface area contributed by atoms with Crippen molar-refractivity contribution in [3.63, 3.8) is 0 Å². The molecule has 0 fully saturated rings. The minimum absolute atomic E-state index is 0.329. The summed E-state index contributed by atoms with van der Waals surface area (Å²) in [7, 11) is -3.68. The lowest BCUT2D eigenvalue weighted by Crippen LogP contribution is -2.33. The predicted octanol–water partition coefficient (Wildman–Crippen LogP) is 1.36. The molecule has 0 amide bonds. The highest BCUT2D eigenvalue weighted by molar-refractivity contribution is 7.90. The van der Waals surface area contributed by atoms with Gasteiger partial charge >= 0.3 is 0 Å². The molecule has 1 heterocycles. The molecule has 0 saturated carbocycles. The van der Waals surface area contributed by atoms with Crippen LogP contribution in [0.5, 0.6) is 0 Å². The van der Waals surface area contributed by atoms with Crippen LogP contribution in [0.15, 0.2) is 36.4 Å². The molecule has 0 aromatic heterocycles. The van der Waals surface area contributed by atoms with Crippen LogP contribution in [0.2, 0.25) is 0 Å². The minimum Gasteiger partial charge on any atom is -0.253 e. The van der Waals surface area contributed by atoms with Gasteiger partial charge in [0.05, 0.1) is 12.2 Å². The molecule has 0 atom stereocenters. The second-order valence-corrected chi connectivity index (χ2v) is 5.31. The van der Waals surface area contributed by atoms with Crippen molar-refractivity contribution >= 4 is 26.7 Å². The predicted molar refractivity (Wildman–Crippen MR) is 63.2 cm³/mol. The van der Waals surface area contributed by atoms with Crippen molar-refractivity contribution in [2.75, 3.05) is 4.31 Å². The maximum absolute atomic E-state index is 11.4. The molecular formula is C11H10N2O2S. The number of hydrogen-bond donors (Lipinski definition) is 1. The summed E-state index contributed by atoms with van der Waals surface area (Å²) in [5.41, 5.74) is 1.68. The highest BCUT2D eigenvalue weighted by Gasteiger charge is 2.27. The molecule has 3 rings (SSSR count). The second-order valence-electron chi connectivity index (χ2n) is 3.84. The summed E-state index contributed by atoms with van der Waals surface area (Å²) in [4.78, 5) is 0. The number of hydrogen-bond acceptors (Lipinski definition) is 2. The van der Waals surface area contributed by atoms with E-state index in [4.69, 9.17) is 5.14 Å². The first-order chi connectivity index (χ1) is 7.57. The fourth-order valence-corrected chi connectivity index (χ4v) is 2.95. The Labute approximate surface area is 93.5 Å². The van der Waals surface area contributed by atoms with Crippen molar-refractivity contribution < 1.29 is 8.42 Å². The smallest absolute Gasteiger partial charge is 0.253 e. The van der Waals surface area contributed by atoms with Gasteiger partial charge in [-0.25, -0.2) is 5.14 Å². The van der Waals surface area contributed by atoms with E-state index in [1.807, 2.05) is 30.3 Å². The Morgan fingerprint density at radius 1 is 1.12 bits per heavy atom. The molecule has 0 radical (unpaired) electrons. The van der Waals surface area contributed by atoms with Gasteiger partial charge in [-0.3, -0.25) is 4.31 Å². The van der Waals surface area contributed by atoms with Crippen LogP contribution in [-0.2, 0) is 16.8 Å². The number of rotatable bonds is 1. The van der Waals surface area contributed by atoms with E-state index in [1.165, 1.54) is 4.31 Å². The number of nitrogens with zero attached hydrogens (tertiary/aromatic N) is 1. The topological polar surface area (TPSA) is 63.4 Å². The molecule has 5 heteroatoms. The number of anilines is 1. The van der Waals surface area contributed by atoms with Crippen molar-refractivity contribution in [2.24, 2.45) is 5.14 Å². The first-order valence-electron chi connectivity index (χ1n) is 4.88. The van der Waals surface area contributed by atoms with E-state index < -0.39 is 10.2 Å². The Morgan fingerprint density at radius 3 is 2.50 bits per heavy atom. The van der Waals surface area contributed by atoms with E-state index in [1.54, 1.807) is 6.07 Å². The van der Waals surface area contributed by atoms with Crippen LogP contribution in [0.3, 0.4) is 0 Å². The van der Waals surface area contributed by atoms with Crippen molar-refractivity contribution in [1.29, 1.82) is 0 Å². The van der Waals surface area contributed by atoms with Gasteiger partial charge in [-0.05, 0) is 17.0 Å². The van der Waals surface area contributed by atoms with Crippen LogP contribution < -0.4 is 9.44 Å². The summed E-state index contributed by atoms with van der Waals surface area (Å²) in [6, 6.07) is 11.4. The van der Waals surface area contributed by atoms with Gasteiger partial charge in [-0.2, -0.15) is 8.42 Å². The van der Waals surface area contributed by atoms with E-state index >= 15 is 0 Å². The van der Waals surface area contributed by atoms with Crippen LogP contribution in [0.25, 0.3) is 10.8 Å². The zero-order chi connectivity index (χ0) is 11.3. The summed E-state index contributed by atoms with van der Waals surface area (Å²) < 4.78 is 24.1. The quantitative estimate of drug-likeness (QED) is 0.809. The maximum atomic E-state index is 11.4. The molecule has 0 saturated heterocycles. The first kappa shape index (κ1) is 9.62. The SMILES string of the molecule is NS(=O)(=O)N1Cc2cccc3cccc1c23. The lowest BCUT2D eigenvalue weighted by Gasteiger charge is -2.15. The van der Waals surface area contributed by atoms with Gasteiger partial charge in [0.25, 0.3) is 10.2 Å². The van der Waals surface area contributed by atoms with Crippen molar-refractivity contribution in [2.45, 2.75) is 6.54 Å². The number of nitrogens with two attached hydrogens (primary N) is 1. The van der Waals surface area contributed by atoms with Gasteiger partial charge in [0.1, 0.15) is 0 Å². The Hall–Kier alpha value is -1.59. The fraction of sp³-hybridized carbons (Fsp3) is 0.0909. The molecule has 0 unspecified atom stereocenters. The lowest BCUT2D eigenvalue weighted by atomic mass is 10.1. The van der Waals surface area contributed by atoms with Crippen LogP contribution in [-0.4, -0.2) is 8.42 Å². The fourth-order valence-electron chi connectivity index (χ4n) is 2.20. The van der Waals surface area contributed by atoms with Gasteiger partial charge in [-0.1, -0.05) is 30.3 Å². The van der Waals surface area contributed by atoms with Gasteiger partial charge < -0.3 is 0 Å². The largest absolute Gasteiger partial charge is 0.299 e. The minimum atomic E-state index is -3.68. The van der Waals surface area contributed by atoms with Crippen molar-refractivity contribution in [3.05, 3.63) is 42.0 Å². The Bertz CT molecular complexity index is 674. The molecular weight excluding hydrogens is 224 g/mol. The summed E-state index contributed by atoms with van der Waals surface area (Å²) in [6.07, 6.45) is 0. The molecule has 2 aromatic carbocycles. The Kier molecular flexibility index (Phi) is 1.78. The van der Waals surface area contributed by atoms with Crippen LogP contribution in [0.1, 0.15) is 5.56 Å². The lowest BCUT2D eigenvalue weighted by molar-refractivity contribution is 0.593. The molecule has 1 aliphatic heterocycles. The van der Waals surface area contributed by atoms with Crippen LogP contribution in [0.4, 0.5) is 5.69 Å². The number of benzene rings is 2. The normalized spacial score (nSPS) is 14.7. The van der Waals surface area contributed by atoms with E-state index in [9.17, 15) is 8.42 Å². The van der Waals surface area contributed by atoms with Gasteiger partial charge in [0, 0.05) is 5.39 Å². The molecule has 82 valence electrons. The Morgan fingerprint density at radius 2 is 1.81 bits per heavy atom. The highest BCUT2D eigenvalue weighted by atomic mass is 32.2. The van der Waals surface area contributed by atoms with Gasteiger partial charge in [0.15, 0.2) is 0 Å². The average Bonchev–Trinajstić information content (AvgIpc) is 2.60. The van der Waals surface area contributed by atoms with Crippen LogP contribution in [0, 0.1) is 0 Å². The third-order valence-corrected chi connectivity index (χ3v) is 3.80. The molecule has 0 bridgehead atoms. The van der Waals surface area contributed by atoms with Crippen molar-refractivity contribution in [3.8, 4) is 0 Å². The molecule has 2 aromatic rings.